The molecule has 0 aliphatic carbocycles. The predicted octanol–water partition coefficient (Wildman–Crippen LogP) is 1.04. The van der Waals surface area contributed by atoms with Gasteiger partial charge in [0.15, 0.2) is 0 Å². The van der Waals surface area contributed by atoms with Crippen LogP contribution in [-0.4, -0.2) is 15.5 Å². The molecule has 0 unspecified atom stereocenters. The summed E-state index contributed by atoms with van der Waals surface area (Å²) >= 11 is 0. The lowest BCUT2D eigenvalue weighted by atomic mass is 10.2. The molecule has 1 rings (SSSR count). The first-order valence-electron chi connectivity index (χ1n) is 3.67. The van der Waals surface area contributed by atoms with Crippen LogP contribution in [0, 0.1) is 12.7 Å². The van der Waals surface area contributed by atoms with Crippen LogP contribution < -0.4 is 4.72 Å². The van der Waals surface area contributed by atoms with E-state index < -0.39 is 15.8 Å². The van der Waals surface area contributed by atoms with Crippen molar-refractivity contribution < 1.29 is 12.8 Å². The highest BCUT2D eigenvalue weighted by atomic mass is 32.2. The monoisotopic (exact) mass is 203 g/mol. The van der Waals surface area contributed by atoms with Crippen LogP contribution >= 0.6 is 0 Å². The van der Waals surface area contributed by atoms with Gasteiger partial charge in [0.25, 0.3) is 0 Å². The molecule has 0 heterocycles. The molecule has 0 aliphatic heterocycles. The second-order valence-electron chi connectivity index (χ2n) is 2.62. The summed E-state index contributed by atoms with van der Waals surface area (Å²) in [5.74, 6) is -0.556. The van der Waals surface area contributed by atoms with Gasteiger partial charge in [0.05, 0.1) is 4.90 Å². The number of nitrogens with one attached hydrogen (secondary N) is 1. The minimum atomic E-state index is -3.54. The number of sulfonamides is 1. The van der Waals surface area contributed by atoms with Crippen molar-refractivity contribution in [3.8, 4) is 0 Å². The fourth-order valence-electron chi connectivity index (χ4n) is 0.973. The van der Waals surface area contributed by atoms with Crippen LogP contribution in [0.2, 0.25) is 0 Å². The van der Waals surface area contributed by atoms with Gasteiger partial charge < -0.3 is 0 Å². The summed E-state index contributed by atoms with van der Waals surface area (Å²) in [6.45, 7) is 1.61. The van der Waals surface area contributed by atoms with E-state index in [0.717, 1.165) is 6.07 Å². The SMILES string of the molecule is CNS(=O)(=O)c1cc(F)ccc1C. The first-order chi connectivity index (χ1) is 5.97. The molecule has 0 saturated carbocycles. The molecule has 0 bridgehead atoms. The van der Waals surface area contributed by atoms with Crippen LogP contribution in [0.1, 0.15) is 5.56 Å². The fourth-order valence-corrected chi connectivity index (χ4v) is 1.95. The van der Waals surface area contributed by atoms with Gasteiger partial charge in [-0.3, -0.25) is 0 Å². The van der Waals surface area contributed by atoms with E-state index in [0.29, 0.717) is 5.56 Å². The van der Waals surface area contributed by atoms with E-state index in [-0.39, 0.29) is 4.90 Å². The molecule has 13 heavy (non-hydrogen) atoms. The zero-order chi connectivity index (χ0) is 10.1. The average Bonchev–Trinajstić information content (AvgIpc) is 2.09. The van der Waals surface area contributed by atoms with E-state index in [1.807, 2.05) is 0 Å². The van der Waals surface area contributed by atoms with Gasteiger partial charge in [-0.05, 0) is 31.7 Å². The predicted molar refractivity (Wildman–Crippen MR) is 47.4 cm³/mol. The van der Waals surface area contributed by atoms with Gasteiger partial charge in [-0.2, -0.15) is 0 Å². The van der Waals surface area contributed by atoms with E-state index in [1.54, 1.807) is 6.92 Å². The van der Waals surface area contributed by atoms with Crippen LogP contribution in [0.5, 0.6) is 0 Å². The lowest BCUT2D eigenvalue weighted by molar-refractivity contribution is 0.582. The Hall–Kier alpha value is -0.940. The second kappa shape index (κ2) is 3.43. The molecule has 0 saturated heterocycles. The van der Waals surface area contributed by atoms with Crippen LogP contribution in [0.4, 0.5) is 4.39 Å². The van der Waals surface area contributed by atoms with Crippen molar-refractivity contribution in [3.63, 3.8) is 0 Å². The van der Waals surface area contributed by atoms with Crippen molar-refractivity contribution >= 4 is 10.0 Å². The molecule has 0 fully saturated rings. The highest BCUT2D eigenvalue weighted by molar-refractivity contribution is 7.89. The van der Waals surface area contributed by atoms with E-state index in [2.05, 4.69) is 4.72 Å². The molecule has 3 nitrogen and oxygen atoms in total. The third kappa shape index (κ3) is 2.05. The van der Waals surface area contributed by atoms with E-state index in [9.17, 15) is 12.8 Å². The minimum Gasteiger partial charge on any atom is -0.214 e. The van der Waals surface area contributed by atoms with Crippen LogP contribution in [0.3, 0.4) is 0 Å². The number of aryl methyl sites for hydroxylation is 1. The van der Waals surface area contributed by atoms with Crippen LogP contribution in [0.25, 0.3) is 0 Å². The van der Waals surface area contributed by atoms with Crippen LogP contribution in [-0.2, 0) is 10.0 Å². The number of rotatable bonds is 2. The van der Waals surface area contributed by atoms with Crippen LogP contribution in [0.15, 0.2) is 23.1 Å². The number of hydrogen-bond donors (Lipinski definition) is 1. The lowest BCUT2D eigenvalue weighted by Crippen LogP contribution is -2.19. The van der Waals surface area contributed by atoms with Gasteiger partial charge in [0.1, 0.15) is 5.82 Å². The van der Waals surface area contributed by atoms with Gasteiger partial charge in [0.2, 0.25) is 10.0 Å². The Morgan fingerprint density at radius 1 is 1.38 bits per heavy atom. The molecular formula is C8H10FNO2S. The molecule has 0 spiro atoms. The Labute approximate surface area is 76.6 Å². The highest BCUT2D eigenvalue weighted by Crippen LogP contribution is 2.15. The van der Waals surface area contributed by atoms with Gasteiger partial charge in [-0.15, -0.1) is 0 Å². The zero-order valence-corrected chi connectivity index (χ0v) is 8.15. The smallest absolute Gasteiger partial charge is 0.214 e. The molecule has 0 amide bonds. The quantitative estimate of drug-likeness (QED) is 0.780. The lowest BCUT2D eigenvalue weighted by Gasteiger charge is -2.05. The van der Waals surface area contributed by atoms with Crippen molar-refractivity contribution in [1.82, 2.24) is 4.72 Å². The third-order valence-electron chi connectivity index (χ3n) is 1.71. The van der Waals surface area contributed by atoms with E-state index in [4.69, 9.17) is 0 Å². The molecule has 0 atom stereocenters. The minimum absolute atomic E-state index is 0.0185. The Morgan fingerprint density at radius 3 is 2.54 bits per heavy atom. The number of halogens is 1. The first kappa shape index (κ1) is 10.1. The molecule has 1 aromatic carbocycles. The zero-order valence-electron chi connectivity index (χ0n) is 7.33. The highest BCUT2D eigenvalue weighted by Gasteiger charge is 2.14. The normalized spacial score (nSPS) is 11.6. The summed E-state index contributed by atoms with van der Waals surface area (Å²) in [5.41, 5.74) is 0.524. The van der Waals surface area contributed by atoms with Crippen molar-refractivity contribution in [1.29, 1.82) is 0 Å². The van der Waals surface area contributed by atoms with Gasteiger partial charge in [-0.25, -0.2) is 17.5 Å². The maximum atomic E-state index is 12.7. The molecule has 0 aliphatic rings. The molecule has 0 aromatic heterocycles. The molecular weight excluding hydrogens is 193 g/mol. The van der Waals surface area contributed by atoms with Gasteiger partial charge in [-0.1, -0.05) is 6.07 Å². The number of hydrogen-bond acceptors (Lipinski definition) is 2. The van der Waals surface area contributed by atoms with Crippen molar-refractivity contribution in [2.24, 2.45) is 0 Å². The van der Waals surface area contributed by atoms with E-state index >= 15 is 0 Å². The summed E-state index contributed by atoms with van der Waals surface area (Å²) in [6.07, 6.45) is 0. The fraction of sp³-hybridized carbons (Fsp3) is 0.250. The summed E-state index contributed by atoms with van der Waals surface area (Å²) in [4.78, 5) is -0.0185. The first-order valence-corrected chi connectivity index (χ1v) is 5.15. The molecule has 1 aromatic rings. The topological polar surface area (TPSA) is 46.2 Å². The third-order valence-corrected chi connectivity index (χ3v) is 3.26. The standard InChI is InChI=1S/C8H10FNO2S/c1-6-3-4-7(9)5-8(6)13(11,12)10-2/h3-5,10H,1-2H3. The summed E-state index contributed by atoms with van der Waals surface area (Å²) in [5, 5.41) is 0. The molecule has 72 valence electrons. The molecule has 5 heteroatoms. The molecule has 1 N–H and O–H groups in total. The Bertz CT molecular complexity index is 414. The average molecular weight is 203 g/mol. The Morgan fingerprint density at radius 2 is 2.00 bits per heavy atom. The van der Waals surface area contributed by atoms with Gasteiger partial charge in [0, 0.05) is 0 Å². The largest absolute Gasteiger partial charge is 0.240 e. The number of benzene rings is 1. The Balaban J connectivity index is 3.38. The van der Waals surface area contributed by atoms with Crippen molar-refractivity contribution in [2.45, 2.75) is 11.8 Å². The summed E-state index contributed by atoms with van der Waals surface area (Å²) in [6, 6.07) is 3.66. The van der Waals surface area contributed by atoms with Crippen molar-refractivity contribution in [2.75, 3.05) is 7.05 Å². The second-order valence-corrected chi connectivity index (χ2v) is 4.47. The summed E-state index contributed by atoms with van der Waals surface area (Å²) < 4.78 is 37.4. The maximum absolute atomic E-state index is 12.7. The maximum Gasteiger partial charge on any atom is 0.240 e. The van der Waals surface area contributed by atoms with Crippen molar-refractivity contribution in [3.05, 3.63) is 29.6 Å². The van der Waals surface area contributed by atoms with Gasteiger partial charge >= 0.3 is 0 Å². The Kier molecular flexibility index (Phi) is 2.68. The summed E-state index contributed by atoms with van der Waals surface area (Å²) in [7, 11) is -2.25. The molecule has 0 radical (unpaired) electrons. The van der Waals surface area contributed by atoms with E-state index in [1.165, 1.54) is 19.2 Å².